The molecule has 13 heavy (non-hydrogen) atoms. The van der Waals surface area contributed by atoms with Crippen molar-refractivity contribution in [2.75, 3.05) is 20.0 Å². The Labute approximate surface area is 72.2 Å². The Morgan fingerprint density at radius 2 is 1.92 bits per heavy atom. The minimum Gasteiger partial charge on any atom is -0.390 e. The lowest BCUT2D eigenvalue weighted by Crippen LogP contribution is -2.23. The molecule has 0 aromatic carbocycles. The van der Waals surface area contributed by atoms with Gasteiger partial charge >= 0.3 is 6.61 Å². The summed E-state index contributed by atoms with van der Waals surface area (Å²) in [5, 5.41) is 8.08. The van der Waals surface area contributed by atoms with Crippen LogP contribution in [0.25, 0.3) is 0 Å². The van der Waals surface area contributed by atoms with Crippen LogP contribution in [0.5, 0.6) is 0 Å². The molecule has 0 aromatic rings. The zero-order valence-corrected chi connectivity index (χ0v) is 6.68. The Bertz CT molecular complexity index is 131. The average Bonchev–Trinajstić information content (AvgIpc) is 2.03. The molecule has 0 heterocycles. The molecule has 0 saturated carbocycles. The Morgan fingerprint density at radius 3 is 2.38 bits per heavy atom. The minimum atomic E-state index is -3.23. The molecule has 7 heteroatoms. The molecular formula is C6H10F4O3. The molecule has 0 aliphatic heterocycles. The minimum absolute atomic E-state index is 0.444. The largest absolute Gasteiger partial charge is 0.390 e. The maximum absolute atomic E-state index is 12.2. The molecule has 0 amide bonds. The highest BCUT2D eigenvalue weighted by molar-refractivity contribution is 4.62. The summed E-state index contributed by atoms with van der Waals surface area (Å²) in [6, 6.07) is 0. The van der Waals surface area contributed by atoms with Gasteiger partial charge in [-0.15, -0.1) is 0 Å². The van der Waals surface area contributed by atoms with E-state index >= 15 is 0 Å². The van der Waals surface area contributed by atoms with Crippen molar-refractivity contribution in [3.8, 4) is 0 Å². The van der Waals surface area contributed by atoms with Gasteiger partial charge in [0.2, 0.25) is 0 Å². The van der Waals surface area contributed by atoms with Crippen molar-refractivity contribution >= 4 is 0 Å². The maximum Gasteiger partial charge on any atom is 0.347 e. The molecule has 80 valence electrons. The molecular weight excluding hydrogens is 196 g/mol. The van der Waals surface area contributed by atoms with E-state index in [0.29, 0.717) is 0 Å². The van der Waals surface area contributed by atoms with Crippen LogP contribution in [-0.2, 0) is 9.47 Å². The van der Waals surface area contributed by atoms with Gasteiger partial charge in [-0.3, -0.25) is 4.74 Å². The molecule has 0 bridgehead atoms. The first kappa shape index (κ1) is 12.6. The second-order valence-corrected chi connectivity index (χ2v) is 2.22. The number of aliphatic hydroxyl groups excluding tert-OH is 1. The first-order chi connectivity index (χ1) is 5.98. The molecule has 1 N–H and O–H groups in total. The summed E-state index contributed by atoms with van der Waals surface area (Å²) < 4.78 is 54.9. The smallest absolute Gasteiger partial charge is 0.347 e. The monoisotopic (exact) mass is 206 g/mol. The van der Waals surface area contributed by atoms with E-state index in [2.05, 4.69) is 9.47 Å². The Morgan fingerprint density at radius 1 is 1.31 bits per heavy atom. The SMILES string of the molecule is OCC(F)(F)CCOCOC(F)F. The highest BCUT2D eigenvalue weighted by atomic mass is 19.3. The predicted molar refractivity (Wildman–Crippen MR) is 34.6 cm³/mol. The fourth-order valence-corrected chi connectivity index (χ4v) is 0.459. The van der Waals surface area contributed by atoms with Gasteiger partial charge in [0.15, 0.2) is 6.79 Å². The zero-order valence-electron chi connectivity index (χ0n) is 6.68. The summed E-state index contributed by atoms with van der Waals surface area (Å²) in [4.78, 5) is 0. The molecule has 0 saturated heterocycles. The van der Waals surface area contributed by atoms with Gasteiger partial charge < -0.3 is 9.84 Å². The van der Waals surface area contributed by atoms with Crippen LogP contribution in [0, 0.1) is 0 Å². The number of aliphatic hydroxyl groups is 1. The first-order valence-corrected chi connectivity index (χ1v) is 3.44. The fourth-order valence-electron chi connectivity index (χ4n) is 0.459. The predicted octanol–water partition coefficient (Wildman–Crippen LogP) is 1.22. The molecule has 0 aromatic heterocycles. The number of ether oxygens (including phenoxy) is 2. The summed E-state index contributed by atoms with van der Waals surface area (Å²) in [6.45, 7) is -5.44. The van der Waals surface area contributed by atoms with E-state index in [1.54, 1.807) is 0 Å². The molecule has 0 spiro atoms. The normalized spacial score (nSPS) is 12.5. The van der Waals surface area contributed by atoms with E-state index in [-0.39, 0.29) is 0 Å². The van der Waals surface area contributed by atoms with E-state index in [9.17, 15) is 17.6 Å². The Balaban J connectivity index is 3.26. The van der Waals surface area contributed by atoms with E-state index < -0.39 is 39.0 Å². The van der Waals surface area contributed by atoms with Crippen LogP contribution < -0.4 is 0 Å². The number of hydrogen-bond acceptors (Lipinski definition) is 3. The highest BCUT2D eigenvalue weighted by Gasteiger charge is 2.26. The maximum atomic E-state index is 12.2. The quantitative estimate of drug-likeness (QED) is 0.386. The number of alkyl halides is 4. The van der Waals surface area contributed by atoms with Gasteiger partial charge in [-0.05, 0) is 0 Å². The standard InChI is InChI=1S/C6H10F4O3/c7-5(8)13-4-12-2-1-6(9,10)3-11/h5,11H,1-4H2. The fraction of sp³-hybridized carbons (Fsp3) is 1.00. The number of rotatable bonds is 7. The summed E-state index contributed by atoms with van der Waals surface area (Å²) >= 11 is 0. The van der Waals surface area contributed by atoms with E-state index in [4.69, 9.17) is 5.11 Å². The number of hydrogen-bond donors (Lipinski definition) is 1. The van der Waals surface area contributed by atoms with Gasteiger partial charge in [0.25, 0.3) is 5.92 Å². The Kier molecular flexibility index (Phi) is 5.93. The van der Waals surface area contributed by atoms with Crippen molar-refractivity contribution in [1.82, 2.24) is 0 Å². The van der Waals surface area contributed by atoms with Crippen molar-refractivity contribution < 1.29 is 32.1 Å². The molecule has 0 atom stereocenters. The van der Waals surface area contributed by atoms with Gasteiger partial charge in [0.1, 0.15) is 6.61 Å². The van der Waals surface area contributed by atoms with Crippen molar-refractivity contribution in [2.24, 2.45) is 0 Å². The lowest BCUT2D eigenvalue weighted by Gasteiger charge is -2.12. The van der Waals surface area contributed by atoms with Crippen LogP contribution in [0.4, 0.5) is 17.6 Å². The summed E-state index contributed by atoms with van der Waals surface area (Å²) in [7, 11) is 0. The topological polar surface area (TPSA) is 38.7 Å². The second kappa shape index (κ2) is 6.11. The van der Waals surface area contributed by atoms with Crippen molar-refractivity contribution in [3.63, 3.8) is 0 Å². The third-order valence-corrected chi connectivity index (χ3v) is 1.12. The van der Waals surface area contributed by atoms with Crippen molar-refractivity contribution in [1.29, 1.82) is 0 Å². The van der Waals surface area contributed by atoms with Crippen LogP contribution in [-0.4, -0.2) is 37.6 Å². The molecule has 0 aliphatic carbocycles. The van der Waals surface area contributed by atoms with Crippen molar-refractivity contribution in [2.45, 2.75) is 19.0 Å². The third-order valence-electron chi connectivity index (χ3n) is 1.12. The van der Waals surface area contributed by atoms with Crippen molar-refractivity contribution in [3.05, 3.63) is 0 Å². The summed E-state index contributed by atoms with van der Waals surface area (Å²) in [5.74, 6) is -3.23. The van der Waals surface area contributed by atoms with Gasteiger partial charge in [-0.1, -0.05) is 0 Å². The van der Waals surface area contributed by atoms with Gasteiger partial charge in [-0.2, -0.15) is 8.78 Å². The van der Waals surface area contributed by atoms with Gasteiger partial charge in [0.05, 0.1) is 6.61 Å². The second-order valence-electron chi connectivity index (χ2n) is 2.22. The third kappa shape index (κ3) is 7.94. The van der Waals surface area contributed by atoms with Crippen LogP contribution in [0.15, 0.2) is 0 Å². The van der Waals surface area contributed by atoms with Crippen LogP contribution in [0.3, 0.4) is 0 Å². The first-order valence-electron chi connectivity index (χ1n) is 3.44. The van der Waals surface area contributed by atoms with Gasteiger partial charge in [0, 0.05) is 6.42 Å². The summed E-state index contributed by atoms with van der Waals surface area (Å²) in [6.07, 6.45) is -0.726. The van der Waals surface area contributed by atoms with Crippen LogP contribution in [0.1, 0.15) is 6.42 Å². The van der Waals surface area contributed by atoms with E-state index in [1.165, 1.54) is 0 Å². The van der Waals surface area contributed by atoms with Crippen LogP contribution in [0.2, 0.25) is 0 Å². The number of halogens is 4. The van der Waals surface area contributed by atoms with Gasteiger partial charge in [-0.25, -0.2) is 8.78 Å². The lowest BCUT2D eigenvalue weighted by molar-refractivity contribution is -0.195. The molecule has 0 radical (unpaired) electrons. The molecule has 0 aliphatic rings. The molecule has 3 nitrogen and oxygen atoms in total. The van der Waals surface area contributed by atoms with E-state index in [1.807, 2.05) is 0 Å². The lowest BCUT2D eigenvalue weighted by atomic mass is 10.3. The van der Waals surface area contributed by atoms with E-state index in [0.717, 1.165) is 0 Å². The molecule has 0 rings (SSSR count). The molecule has 0 unspecified atom stereocenters. The average molecular weight is 206 g/mol. The summed E-state index contributed by atoms with van der Waals surface area (Å²) in [5.41, 5.74) is 0. The van der Waals surface area contributed by atoms with Crippen LogP contribution >= 0.6 is 0 Å². The zero-order chi connectivity index (χ0) is 10.3. The molecule has 0 fully saturated rings. The highest BCUT2D eigenvalue weighted by Crippen LogP contribution is 2.16. The Hall–Kier alpha value is -0.400.